The van der Waals surface area contributed by atoms with Crippen molar-refractivity contribution in [3.63, 3.8) is 0 Å². The first-order chi connectivity index (χ1) is 11.1. The van der Waals surface area contributed by atoms with E-state index < -0.39 is 0 Å². The number of rotatable bonds is 6. The van der Waals surface area contributed by atoms with Crippen LogP contribution in [0.5, 0.6) is 0 Å². The van der Waals surface area contributed by atoms with Crippen molar-refractivity contribution in [1.82, 2.24) is 20.6 Å². The summed E-state index contributed by atoms with van der Waals surface area (Å²) in [7, 11) is 0. The molecule has 5 heteroatoms. The lowest BCUT2D eigenvalue weighted by atomic mass is 10.0. The van der Waals surface area contributed by atoms with Gasteiger partial charge in [-0.15, -0.1) is 0 Å². The smallest absolute Gasteiger partial charge is 0.222 e. The SMILES string of the molecule is CC(C)CC(NC(=O)CC1CCCN1)c1nc2ccccc2[nH]1. The van der Waals surface area contributed by atoms with Crippen molar-refractivity contribution in [3.05, 3.63) is 30.1 Å². The van der Waals surface area contributed by atoms with Gasteiger partial charge >= 0.3 is 0 Å². The highest BCUT2D eigenvalue weighted by Crippen LogP contribution is 2.22. The van der Waals surface area contributed by atoms with Gasteiger partial charge in [-0.05, 0) is 43.9 Å². The summed E-state index contributed by atoms with van der Waals surface area (Å²) in [5.41, 5.74) is 1.96. The van der Waals surface area contributed by atoms with Gasteiger partial charge in [0.1, 0.15) is 5.82 Å². The summed E-state index contributed by atoms with van der Waals surface area (Å²) in [6, 6.07) is 8.25. The normalized spacial score (nSPS) is 19.3. The molecule has 2 heterocycles. The fourth-order valence-electron chi connectivity index (χ4n) is 3.26. The van der Waals surface area contributed by atoms with Crippen LogP contribution in [0.25, 0.3) is 11.0 Å². The van der Waals surface area contributed by atoms with Crippen LogP contribution in [0.15, 0.2) is 24.3 Å². The van der Waals surface area contributed by atoms with E-state index in [1.165, 1.54) is 0 Å². The fourth-order valence-corrected chi connectivity index (χ4v) is 3.26. The molecule has 0 radical (unpaired) electrons. The van der Waals surface area contributed by atoms with Gasteiger partial charge in [-0.25, -0.2) is 4.98 Å². The van der Waals surface area contributed by atoms with Crippen molar-refractivity contribution in [1.29, 1.82) is 0 Å². The minimum absolute atomic E-state index is 0.0590. The first-order valence-electron chi connectivity index (χ1n) is 8.59. The number of nitrogens with one attached hydrogen (secondary N) is 3. The maximum atomic E-state index is 12.4. The van der Waals surface area contributed by atoms with E-state index in [1.54, 1.807) is 0 Å². The van der Waals surface area contributed by atoms with Crippen LogP contribution in [0.4, 0.5) is 0 Å². The molecule has 1 aromatic heterocycles. The Balaban J connectivity index is 1.72. The van der Waals surface area contributed by atoms with E-state index in [-0.39, 0.29) is 11.9 Å². The summed E-state index contributed by atoms with van der Waals surface area (Å²) < 4.78 is 0. The summed E-state index contributed by atoms with van der Waals surface area (Å²) in [6.07, 6.45) is 3.68. The van der Waals surface area contributed by atoms with Gasteiger partial charge in [0.25, 0.3) is 0 Å². The molecule has 2 atom stereocenters. The highest BCUT2D eigenvalue weighted by Gasteiger charge is 2.23. The molecule has 0 bridgehead atoms. The summed E-state index contributed by atoms with van der Waals surface area (Å²) >= 11 is 0. The van der Waals surface area contributed by atoms with Gasteiger partial charge < -0.3 is 15.6 Å². The number of para-hydroxylation sites is 2. The molecule has 3 rings (SSSR count). The predicted molar refractivity (Wildman–Crippen MR) is 92.1 cm³/mol. The van der Waals surface area contributed by atoms with Crippen LogP contribution in [0.3, 0.4) is 0 Å². The number of amides is 1. The van der Waals surface area contributed by atoms with Crippen molar-refractivity contribution in [2.45, 2.75) is 51.6 Å². The van der Waals surface area contributed by atoms with Crippen LogP contribution >= 0.6 is 0 Å². The molecular weight excluding hydrogens is 288 g/mol. The quantitative estimate of drug-likeness (QED) is 0.768. The topological polar surface area (TPSA) is 69.8 Å². The molecule has 0 spiro atoms. The first-order valence-corrected chi connectivity index (χ1v) is 8.59. The number of imidazole rings is 1. The summed E-state index contributed by atoms with van der Waals surface area (Å²) in [5, 5.41) is 6.56. The number of benzene rings is 1. The largest absolute Gasteiger partial charge is 0.346 e. The molecule has 23 heavy (non-hydrogen) atoms. The van der Waals surface area contributed by atoms with Gasteiger partial charge in [0.2, 0.25) is 5.91 Å². The second kappa shape index (κ2) is 7.13. The van der Waals surface area contributed by atoms with E-state index >= 15 is 0 Å². The summed E-state index contributed by atoms with van der Waals surface area (Å²) in [6.45, 7) is 5.36. The second-order valence-corrected chi connectivity index (χ2v) is 6.89. The molecule has 0 aliphatic carbocycles. The van der Waals surface area contributed by atoms with E-state index in [0.717, 1.165) is 42.7 Å². The molecule has 2 aromatic rings. The summed E-state index contributed by atoms with van der Waals surface area (Å²) in [5.74, 6) is 1.45. The van der Waals surface area contributed by atoms with Crippen LogP contribution in [0.2, 0.25) is 0 Å². The van der Waals surface area contributed by atoms with Crippen molar-refractivity contribution < 1.29 is 4.79 Å². The highest BCUT2D eigenvalue weighted by atomic mass is 16.1. The Labute approximate surface area is 137 Å². The maximum Gasteiger partial charge on any atom is 0.222 e. The van der Waals surface area contributed by atoms with Gasteiger partial charge in [-0.1, -0.05) is 26.0 Å². The van der Waals surface area contributed by atoms with Crippen LogP contribution in [-0.4, -0.2) is 28.5 Å². The molecule has 2 unspecified atom stereocenters. The maximum absolute atomic E-state index is 12.4. The second-order valence-electron chi connectivity index (χ2n) is 6.89. The van der Waals surface area contributed by atoms with E-state index in [0.29, 0.717) is 18.4 Å². The van der Waals surface area contributed by atoms with Crippen molar-refractivity contribution in [3.8, 4) is 0 Å². The molecule has 0 saturated carbocycles. The molecule has 1 fully saturated rings. The Kier molecular flexibility index (Phi) is 4.96. The molecule has 124 valence electrons. The number of carbonyl (C=O) groups is 1. The molecule has 1 saturated heterocycles. The Bertz CT molecular complexity index is 625. The zero-order chi connectivity index (χ0) is 16.2. The van der Waals surface area contributed by atoms with Crippen molar-refractivity contribution >= 4 is 16.9 Å². The number of aromatic amines is 1. The van der Waals surface area contributed by atoms with E-state index in [2.05, 4.69) is 34.4 Å². The third-order valence-electron chi connectivity index (χ3n) is 4.37. The van der Waals surface area contributed by atoms with Crippen LogP contribution in [0, 0.1) is 5.92 Å². The summed E-state index contributed by atoms with van der Waals surface area (Å²) in [4.78, 5) is 20.4. The van der Waals surface area contributed by atoms with Crippen LogP contribution in [0.1, 0.15) is 51.4 Å². The standard InChI is InChI=1S/C18H26N4O/c1-12(2)10-16(20-17(23)11-13-6-5-9-19-13)18-21-14-7-3-4-8-15(14)22-18/h3-4,7-8,12-13,16,19H,5-6,9-11H2,1-2H3,(H,20,23)(H,21,22). The van der Waals surface area contributed by atoms with Crippen molar-refractivity contribution in [2.24, 2.45) is 5.92 Å². The van der Waals surface area contributed by atoms with Crippen LogP contribution < -0.4 is 10.6 Å². The first kappa shape index (κ1) is 16.0. The van der Waals surface area contributed by atoms with Gasteiger partial charge in [-0.2, -0.15) is 0 Å². The molecule has 3 N–H and O–H groups in total. The molecule has 5 nitrogen and oxygen atoms in total. The molecule has 1 aliphatic rings. The Hall–Kier alpha value is -1.88. The Morgan fingerprint density at radius 2 is 2.22 bits per heavy atom. The lowest BCUT2D eigenvalue weighted by molar-refractivity contribution is -0.122. The third-order valence-corrected chi connectivity index (χ3v) is 4.37. The number of H-pyrrole nitrogens is 1. The van der Waals surface area contributed by atoms with Gasteiger partial charge in [0, 0.05) is 12.5 Å². The minimum Gasteiger partial charge on any atom is -0.346 e. The number of hydrogen-bond acceptors (Lipinski definition) is 3. The van der Waals surface area contributed by atoms with E-state index in [4.69, 9.17) is 0 Å². The lowest BCUT2D eigenvalue weighted by Gasteiger charge is -2.20. The molecule has 1 aliphatic heterocycles. The predicted octanol–water partition coefficient (Wildman–Crippen LogP) is 2.91. The van der Waals surface area contributed by atoms with Gasteiger partial charge in [0.05, 0.1) is 17.1 Å². The van der Waals surface area contributed by atoms with Gasteiger partial charge in [-0.3, -0.25) is 4.79 Å². The van der Waals surface area contributed by atoms with Crippen LogP contribution in [-0.2, 0) is 4.79 Å². The van der Waals surface area contributed by atoms with Crippen molar-refractivity contribution in [2.75, 3.05) is 6.54 Å². The van der Waals surface area contributed by atoms with E-state index in [1.807, 2.05) is 24.3 Å². The number of nitrogens with zero attached hydrogens (tertiary/aromatic N) is 1. The third kappa shape index (κ3) is 4.10. The van der Waals surface area contributed by atoms with Gasteiger partial charge in [0.15, 0.2) is 0 Å². The lowest BCUT2D eigenvalue weighted by Crippen LogP contribution is -2.35. The van der Waals surface area contributed by atoms with E-state index in [9.17, 15) is 4.79 Å². The zero-order valence-corrected chi connectivity index (χ0v) is 13.9. The minimum atomic E-state index is -0.0590. The number of aromatic nitrogens is 2. The number of carbonyl (C=O) groups excluding carboxylic acids is 1. The monoisotopic (exact) mass is 314 g/mol. The Morgan fingerprint density at radius 1 is 1.39 bits per heavy atom. The Morgan fingerprint density at radius 3 is 2.91 bits per heavy atom. The average molecular weight is 314 g/mol. The molecular formula is C18H26N4O. The number of hydrogen-bond donors (Lipinski definition) is 3. The fraction of sp³-hybridized carbons (Fsp3) is 0.556. The number of fused-ring (bicyclic) bond motifs is 1. The molecule has 1 aromatic carbocycles. The average Bonchev–Trinajstić information content (AvgIpc) is 3.14. The highest BCUT2D eigenvalue weighted by molar-refractivity contribution is 5.78. The molecule has 1 amide bonds. The zero-order valence-electron chi connectivity index (χ0n) is 13.9.